The Labute approximate surface area is 153 Å². The summed E-state index contributed by atoms with van der Waals surface area (Å²) in [4.78, 5) is 12.0. The van der Waals surface area contributed by atoms with Crippen LogP contribution >= 0.6 is 0 Å². The van der Waals surface area contributed by atoms with Crippen LogP contribution in [0.25, 0.3) is 10.8 Å². The Bertz CT molecular complexity index is 905. The highest BCUT2D eigenvalue weighted by molar-refractivity contribution is 5.84. The second-order valence-corrected chi connectivity index (χ2v) is 6.11. The summed E-state index contributed by atoms with van der Waals surface area (Å²) in [5, 5.41) is 5.12. The van der Waals surface area contributed by atoms with Crippen LogP contribution in [0.15, 0.2) is 60.7 Å². The van der Waals surface area contributed by atoms with E-state index < -0.39 is 0 Å². The quantitative estimate of drug-likeness (QED) is 0.698. The fourth-order valence-corrected chi connectivity index (χ4v) is 2.77. The Morgan fingerprint density at radius 2 is 1.73 bits per heavy atom. The van der Waals surface area contributed by atoms with Gasteiger partial charge in [0.15, 0.2) is 6.61 Å². The van der Waals surface area contributed by atoms with Crippen LogP contribution in [0, 0.1) is 0 Å². The molecule has 3 aromatic rings. The number of benzene rings is 3. The Morgan fingerprint density at radius 3 is 2.54 bits per heavy atom. The van der Waals surface area contributed by atoms with Crippen LogP contribution in [-0.2, 0) is 17.8 Å². The highest BCUT2D eigenvalue weighted by Crippen LogP contribution is 2.21. The fourth-order valence-electron chi connectivity index (χ4n) is 2.77. The second-order valence-electron chi connectivity index (χ2n) is 6.11. The summed E-state index contributed by atoms with van der Waals surface area (Å²) < 4.78 is 10.8. The first-order valence-electron chi connectivity index (χ1n) is 8.73. The predicted octanol–water partition coefficient (Wildman–Crippen LogP) is 4.11. The van der Waals surface area contributed by atoms with Crippen molar-refractivity contribution in [1.29, 1.82) is 0 Å². The lowest BCUT2D eigenvalue weighted by atomic mass is 10.1. The molecule has 0 aromatic heterocycles. The SMILES string of the molecule is CCc1cccc(OCC(=O)NCc2ccc3cc(OC)ccc3c2)c1. The third kappa shape index (κ3) is 4.54. The van der Waals surface area contributed by atoms with Crippen LogP contribution in [0.5, 0.6) is 11.5 Å². The van der Waals surface area contributed by atoms with Crippen molar-refractivity contribution in [3.8, 4) is 11.5 Å². The Kier molecular flexibility index (Phi) is 5.74. The molecule has 4 heteroatoms. The van der Waals surface area contributed by atoms with Crippen LogP contribution in [-0.4, -0.2) is 19.6 Å². The molecule has 0 heterocycles. The summed E-state index contributed by atoms with van der Waals surface area (Å²) in [6.07, 6.45) is 0.942. The second kappa shape index (κ2) is 8.39. The van der Waals surface area contributed by atoms with E-state index in [1.165, 1.54) is 5.56 Å². The van der Waals surface area contributed by atoms with Gasteiger partial charge in [-0.15, -0.1) is 0 Å². The number of ether oxygens (including phenoxy) is 2. The molecule has 0 fully saturated rings. The molecule has 3 rings (SSSR count). The molecule has 0 unspecified atom stereocenters. The van der Waals surface area contributed by atoms with Gasteiger partial charge in [-0.3, -0.25) is 4.79 Å². The van der Waals surface area contributed by atoms with E-state index in [1.54, 1.807) is 7.11 Å². The zero-order valence-corrected chi connectivity index (χ0v) is 15.1. The van der Waals surface area contributed by atoms with Crippen molar-refractivity contribution in [3.05, 3.63) is 71.8 Å². The summed E-state index contributed by atoms with van der Waals surface area (Å²) in [6.45, 7) is 2.57. The molecule has 0 aliphatic heterocycles. The maximum absolute atomic E-state index is 12.0. The van der Waals surface area contributed by atoms with Gasteiger partial charge in [0.05, 0.1) is 7.11 Å². The summed E-state index contributed by atoms with van der Waals surface area (Å²) in [5.41, 5.74) is 2.24. The number of aryl methyl sites for hydroxylation is 1. The Hall–Kier alpha value is -3.01. The number of nitrogens with one attached hydrogen (secondary N) is 1. The minimum Gasteiger partial charge on any atom is -0.497 e. The third-order valence-electron chi connectivity index (χ3n) is 4.28. The molecule has 0 saturated heterocycles. The fraction of sp³-hybridized carbons (Fsp3) is 0.227. The van der Waals surface area contributed by atoms with E-state index in [1.807, 2.05) is 54.6 Å². The lowest BCUT2D eigenvalue weighted by Gasteiger charge is -2.09. The van der Waals surface area contributed by atoms with E-state index in [0.29, 0.717) is 6.54 Å². The normalized spacial score (nSPS) is 10.5. The number of methoxy groups -OCH3 is 1. The first-order valence-corrected chi connectivity index (χ1v) is 8.73. The number of hydrogen-bond acceptors (Lipinski definition) is 3. The molecule has 0 saturated carbocycles. The zero-order valence-electron chi connectivity index (χ0n) is 15.1. The average Bonchev–Trinajstić information content (AvgIpc) is 2.70. The standard InChI is InChI=1S/C22H23NO3/c1-3-16-5-4-6-21(12-16)26-15-22(24)23-14-17-7-8-19-13-20(25-2)10-9-18(19)11-17/h4-13H,3,14-15H2,1-2H3,(H,23,24). The van der Waals surface area contributed by atoms with Gasteiger partial charge in [-0.2, -0.15) is 0 Å². The van der Waals surface area contributed by atoms with Crippen molar-refractivity contribution in [3.63, 3.8) is 0 Å². The Balaban J connectivity index is 1.54. The average molecular weight is 349 g/mol. The molecule has 1 N–H and O–H groups in total. The number of amides is 1. The molecular weight excluding hydrogens is 326 g/mol. The topological polar surface area (TPSA) is 47.6 Å². The van der Waals surface area contributed by atoms with Crippen LogP contribution in [0.4, 0.5) is 0 Å². The van der Waals surface area contributed by atoms with Gasteiger partial charge in [0.1, 0.15) is 11.5 Å². The number of carbonyl (C=O) groups excluding carboxylic acids is 1. The highest BCUT2D eigenvalue weighted by Gasteiger charge is 2.05. The molecule has 0 aliphatic carbocycles. The van der Waals surface area contributed by atoms with Crippen molar-refractivity contribution in [2.24, 2.45) is 0 Å². The monoisotopic (exact) mass is 349 g/mol. The van der Waals surface area contributed by atoms with Gasteiger partial charge in [-0.1, -0.05) is 37.3 Å². The van der Waals surface area contributed by atoms with E-state index in [0.717, 1.165) is 34.3 Å². The highest BCUT2D eigenvalue weighted by atomic mass is 16.5. The number of hydrogen-bond donors (Lipinski definition) is 1. The van der Waals surface area contributed by atoms with Gasteiger partial charge in [0.2, 0.25) is 0 Å². The maximum atomic E-state index is 12.0. The van der Waals surface area contributed by atoms with E-state index in [2.05, 4.69) is 18.3 Å². The van der Waals surface area contributed by atoms with Gasteiger partial charge in [0.25, 0.3) is 5.91 Å². The van der Waals surface area contributed by atoms with Crippen molar-refractivity contribution in [2.75, 3.05) is 13.7 Å². The molecule has 3 aromatic carbocycles. The number of fused-ring (bicyclic) bond motifs is 1. The van der Waals surface area contributed by atoms with Crippen molar-refractivity contribution >= 4 is 16.7 Å². The molecule has 0 atom stereocenters. The third-order valence-corrected chi connectivity index (χ3v) is 4.28. The van der Waals surface area contributed by atoms with Gasteiger partial charge in [-0.25, -0.2) is 0 Å². The van der Waals surface area contributed by atoms with Gasteiger partial charge < -0.3 is 14.8 Å². The lowest BCUT2D eigenvalue weighted by molar-refractivity contribution is -0.123. The molecule has 0 radical (unpaired) electrons. The molecule has 0 spiro atoms. The lowest BCUT2D eigenvalue weighted by Crippen LogP contribution is -2.28. The maximum Gasteiger partial charge on any atom is 0.258 e. The van der Waals surface area contributed by atoms with Crippen molar-refractivity contribution in [1.82, 2.24) is 5.32 Å². The van der Waals surface area contributed by atoms with E-state index in [-0.39, 0.29) is 12.5 Å². The summed E-state index contributed by atoms with van der Waals surface area (Å²) in [7, 11) is 1.66. The molecule has 0 aliphatic rings. The Morgan fingerprint density at radius 1 is 0.923 bits per heavy atom. The summed E-state index contributed by atoms with van der Waals surface area (Å²) in [5.74, 6) is 1.42. The van der Waals surface area contributed by atoms with Gasteiger partial charge in [-0.05, 0) is 58.7 Å². The van der Waals surface area contributed by atoms with E-state index >= 15 is 0 Å². The number of carbonyl (C=O) groups is 1. The van der Waals surface area contributed by atoms with Crippen LogP contribution in [0.3, 0.4) is 0 Å². The van der Waals surface area contributed by atoms with Gasteiger partial charge in [0, 0.05) is 6.54 Å². The molecule has 134 valence electrons. The number of rotatable bonds is 7. The molecule has 0 bridgehead atoms. The van der Waals surface area contributed by atoms with Gasteiger partial charge >= 0.3 is 0 Å². The minimum atomic E-state index is -0.137. The van der Waals surface area contributed by atoms with Crippen molar-refractivity contribution in [2.45, 2.75) is 19.9 Å². The first kappa shape index (κ1) is 17.8. The molecular formula is C22H23NO3. The van der Waals surface area contributed by atoms with Crippen LogP contribution in [0.1, 0.15) is 18.1 Å². The molecule has 26 heavy (non-hydrogen) atoms. The molecule has 4 nitrogen and oxygen atoms in total. The largest absolute Gasteiger partial charge is 0.497 e. The van der Waals surface area contributed by atoms with Crippen molar-refractivity contribution < 1.29 is 14.3 Å². The summed E-state index contributed by atoms with van der Waals surface area (Å²) in [6, 6.07) is 19.9. The predicted molar refractivity (Wildman–Crippen MR) is 104 cm³/mol. The first-order chi connectivity index (χ1) is 12.7. The van der Waals surface area contributed by atoms with Crippen LogP contribution < -0.4 is 14.8 Å². The zero-order chi connectivity index (χ0) is 18.4. The smallest absolute Gasteiger partial charge is 0.258 e. The van der Waals surface area contributed by atoms with E-state index in [9.17, 15) is 4.79 Å². The molecule has 1 amide bonds. The summed E-state index contributed by atoms with van der Waals surface area (Å²) >= 11 is 0. The minimum absolute atomic E-state index is 0.0119. The van der Waals surface area contributed by atoms with E-state index in [4.69, 9.17) is 9.47 Å². The van der Waals surface area contributed by atoms with Crippen LogP contribution in [0.2, 0.25) is 0 Å².